The number of carbonyl (C=O) groups is 1. The second-order valence-electron chi connectivity index (χ2n) is 7.09. The van der Waals surface area contributed by atoms with Crippen LogP contribution in [0.2, 0.25) is 0 Å². The number of hydrogen-bond acceptors (Lipinski definition) is 4. The van der Waals surface area contributed by atoms with Gasteiger partial charge in [0.2, 0.25) is 5.91 Å². The van der Waals surface area contributed by atoms with Crippen molar-refractivity contribution in [2.75, 3.05) is 20.8 Å². The number of methoxy groups -OCH3 is 2. The molecule has 4 nitrogen and oxygen atoms in total. The number of benzene rings is 1. The van der Waals surface area contributed by atoms with Crippen LogP contribution in [0.3, 0.4) is 0 Å². The zero-order valence-electron chi connectivity index (χ0n) is 15.8. The summed E-state index contributed by atoms with van der Waals surface area (Å²) in [7, 11) is 3.32. The van der Waals surface area contributed by atoms with Gasteiger partial charge < -0.3 is 14.4 Å². The second kappa shape index (κ2) is 7.77. The van der Waals surface area contributed by atoms with Gasteiger partial charge in [-0.2, -0.15) is 0 Å². The Labute approximate surface area is 164 Å². The van der Waals surface area contributed by atoms with Crippen LogP contribution in [0, 0.1) is 5.92 Å². The molecule has 1 aromatic heterocycles. The highest BCUT2D eigenvalue weighted by atomic mass is 32.1. The Balaban J connectivity index is 1.76. The van der Waals surface area contributed by atoms with Crippen LogP contribution in [0.15, 0.2) is 41.8 Å². The van der Waals surface area contributed by atoms with Gasteiger partial charge in [0.05, 0.1) is 20.3 Å². The van der Waals surface area contributed by atoms with Crippen molar-refractivity contribution in [1.82, 2.24) is 4.90 Å². The summed E-state index contributed by atoms with van der Waals surface area (Å²) in [6, 6.07) is 8.26. The number of carbonyl (C=O) groups excluding carboxylic acids is 1. The number of thiophene rings is 1. The third-order valence-electron chi connectivity index (χ3n) is 5.59. The largest absolute Gasteiger partial charge is 0.493 e. The summed E-state index contributed by atoms with van der Waals surface area (Å²) in [5, 5.41) is 2.08. The van der Waals surface area contributed by atoms with Crippen LogP contribution in [0.25, 0.3) is 0 Å². The number of rotatable bonds is 4. The Morgan fingerprint density at radius 3 is 2.67 bits per heavy atom. The molecule has 2 aromatic rings. The van der Waals surface area contributed by atoms with Crippen molar-refractivity contribution < 1.29 is 14.3 Å². The van der Waals surface area contributed by atoms with Gasteiger partial charge >= 0.3 is 0 Å². The van der Waals surface area contributed by atoms with Crippen molar-refractivity contribution in [3.05, 3.63) is 57.8 Å². The summed E-state index contributed by atoms with van der Waals surface area (Å²) >= 11 is 1.70. The molecule has 1 aromatic carbocycles. The maximum atomic E-state index is 13.4. The first-order valence-electron chi connectivity index (χ1n) is 9.46. The summed E-state index contributed by atoms with van der Waals surface area (Å²) in [5.41, 5.74) is 2.39. The first-order valence-corrected chi connectivity index (χ1v) is 10.3. The van der Waals surface area contributed by atoms with Gasteiger partial charge in [0.25, 0.3) is 0 Å². The van der Waals surface area contributed by atoms with Gasteiger partial charge in [-0.15, -0.1) is 11.3 Å². The van der Waals surface area contributed by atoms with E-state index in [1.165, 1.54) is 10.4 Å². The predicted molar refractivity (Wildman–Crippen MR) is 108 cm³/mol. The highest BCUT2D eigenvalue weighted by Crippen LogP contribution is 2.43. The van der Waals surface area contributed by atoms with Gasteiger partial charge in [-0.1, -0.05) is 18.2 Å². The fourth-order valence-corrected chi connectivity index (χ4v) is 5.04. The minimum atomic E-state index is -0.0491. The maximum absolute atomic E-state index is 13.4. The Bertz CT molecular complexity index is 843. The molecule has 2 atom stereocenters. The number of amides is 1. The van der Waals surface area contributed by atoms with E-state index >= 15 is 0 Å². The molecule has 1 amide bonds. The van der Waals surface area contributed by atoms with E-state index in [-0.39, 0.29) is 17.9 Å². The lowest BCUT2D eigenvalue weighted by Gasteiger charge is -2.39. The van der Waals surface area contributed by atoms with Gasteiger partial charge in [0.1, 0.15) is 0 Å². The number of ether oxygens (including phenoxy) is 2. The lowest BCUT2D eigenvalue weighted by molar-refractivity contribution is -0.137. The second-order valence-corrected chi connectivity index (χ2v) is 8.07. The van der Waals surface area contributed by atoms with Crippen molar-refractivity contribution in [3.8, 4) is 11.5 Å². The molecule has 0 saturated heterocycles. The first kappa shape index (κ1) is 18.1. The van der Waals surface area contributed by atoms with Crippen LogP contribution >= 0.6 is 11.3 Å². The zero-order chi connectivity index (χ0) is 18.8. The Hall–Kier alpha value is -2.27. The van der Waals surface area contributed by atoms with Gasteiger partial charge in [-0.05, 0) is 60.4 Å². The fourth-order valence-electron chi connectivity index (χ4n) is 4.19. The molecule has 1 aliphatic heterocycles. The van der Waals surface area contributed by atoms with Gasteiger partial charge in [-0.25, -0.2) is 0 Å². The lowest BCUT2D eigenvalue weighted by Crippen LogP contribution is -2.43. The van der Waals surface area contributed by atoms with Gasteiger partial charge in [0.15, 0.2) is 11.5 Å². The molecule has 2 unspecified atom stereocenters. The molecule has 0 bridgehead atoms. The summed E-state index contributed by atoms with van der Waals surface area (Å²) in [5.74, 6) is 1.84. The van der Waals surface area contributed by atoms with Crippen LogP contribution < -0.4 is 9.47 Å². The number of hydrogen-bond donors (Lipinski definition) is 0. The van der Waals surface area contributed by atoms with Crippen LogP contribution in [-0.4, -0.2) is 31.6 Å². The first-order chi connectivity index (χ1) is 13.2. The highest BCUT2D eigenvalue weighted by Gasteiger charge is 2.36. The average molecular weight is 384 g/mol. The quantitative estimate of drug-likeness (QED) is 0.725. The standard InChI is InChI=1S/C22H25NO3S/c1-25-18-13-16-10-11-23(22(24)15-7-4-3-5-8-15)21(20-9-6-12-27-20)17(16)14-19(18)26-2/h3-4,6,9,12-15,21H,5,7-8,10-11H2,1-2H3. The Morgan fingerprint density at radius 2 is 2.00 bits per heavy atom. The summed E-state index contributed by atoms with van der Waals surface area (Å²) in [4.78, 5) is 16.7. The van der Waals surface area contributed by atoms with E-state index in [2.05, 4.69) is 46.7 Å². The van der Waals surface area contributed by atoms with Crippen LogP contribution in [0.5, 0.6) is 11.5 Å². The van der Waals surface area contributed by atoms with E-state index in [0.717, 1.165) is 43.5 Å². The van der Waals surface area contributed by atoms with E-state index < -0.39 is 0 Å². The molecule has 142 valence electrons. The minimum absolute atomic E-state index is 0.0491. The Morgan fingerprint density at radius 1 is 1.19 bits per heavy atom. The molecular weight excluding hydrogens is 358 g/mol. The minimum Gasteiger partial charge on any atom is -0.493 e. The lowest BCUT2D eigenvalue weighted by atomic mass is 9.87. The molecule has 27 heavy (non-hydrogen) atoms. The van der Waals surface area contributed by atoms with Crippen molar-refractivity contribution in [2.45, 2.75) is 31.7 Å². The molecule has 0 spiro atoms. The van der Waals surface area contributed by atoms with E-state index in [1.807, 2.05) is 0 Å². The fraction of sp³-hybridized carbons (Fsp3) is 0.409. The molecule has 2 heterocycles. The number of allylic oxidation sites excluding steroid dienone is 2. The number of fused-ring (bicyclic) bond motifs is 1. The number of nitrogens with zero attached hydrogens (tertiary/aromatic N) is 1. The average Bonchev–Trinajstić information content (AvgIpc) is 3.26. The monoisotopic (exact) mass is 383 g/mol. The van der Waals surface area contributed by atoms with Crippen LogP contribution in [-0.2, 0) is 11.2 Å². The Kier molecular flexibility index (Phi) is 5.21. The van der Waals surface area contributed by atoms with Crippen molar-refractivity contribution in [1.29, 1.82) is 0 Å². The maximum Gasteiger partial charge on any atom is 0.226 e. The third kappa shape index (κ3) is 3.36. The van der Waals surface area contributed by atoms with Gasteiger partial charge in [0, 0.05) is 17.3 Å². The van der Waals surface area contributed by atoms with Crippen LogP contribution in [0.1, 0.15) is 41.3 Å². The zero-order valence-corrected chi connectivity index (χ0v) is 16.6. The van der Waals surface area contributed by atoms with Crippen molar-refractivity contribution in [2.24, 2.45) is 5.92 Å². The molecule has 0 saturated carbocycles. The van der Waals surface area contributed by atoms with Crippen molar-refractivity contribution in [3.63, 3.8) is 0 Å². The normalized spacial score (nSPS) is 21.6. The van der Waals surface area contributed by atoms with E-state index in [1.54, 1.807) is 25.6 Å². The molecule has 0 fully saturated rings. The molecular formula is C22H25NO3S. The van der Waals surface area contributed by atoms with E-state index in [9.17, 15) is 4.79 Å². The molecule has 2 aliphatic rings. The predicted octanol–water partition coefficient (Wildman–Crippen LogP) is 4.60. The molecule has 1 aliphatic carbocycles. The molecule has 4 rings (SSSR count). The van der Waals surface area contributed by atoms with E-state index in [0.29, 0.717) is 5.75 Å². The highest BCUT2D eigenvalue weighted by molar-refractivity contribution is 7.10. The summed E-state index contributed by atoms with van der Waals surface area (Å²) < 4.78 is 11.0. The van der Waals surface area contributed by atoms with Crippen molar-refractivity contribution >= 4 is 17.2 Å². The van der Waals surface area contributed by atoms with Crippen LogP contribution in [0.4, 0.5) is 0 Å². The molecule has 0 radical (unpaired) electrons. The summed E-state index contributed by atoms with van der Waals surface area (Å²) in [6.45, 7) is 0.740. The molecule has 0 N–H and O–H groups in total. The topological polar surface area (TPSA) is 38.8 Å². The molecule has 5 heteroatoms. The third-order valence-corrected chi connectivity index (χ3v) is 6.51. The van der Waals surface area contributed by atoms with E-state index in [4.69, 9.17) is 9.47 Å². The summed E-state index contributed by atoms with van der Waals surface area (Å²) in [6.07, 6.45) is 7.97. The smallest absolute Gasteiger partial charge is 0.226 e. The SMILES string of the molecule is COc1cc2c(cc1OC)C(c1cccs1)N(C(=O)C1CC=CCC1)CC2. The van der Waals surface area contributed by atoms with Gasteiger partial charge in [-0.3, -0.25) is 4.79 Å².